The van der Waals surface area contributed by atoms with E-state index >= 15 is 0 Å². The third kappa shape index (κ3) is 2.78. The molecule has 0 aliphatic heterocycles. The van der Waals surface area contributed by atoms with Crippen LogP contribution in [-0.4, -0.2) is 21.1 Å². The monoisotopic (exact) mass is 334 g/mol. The van der Waals surface area contributed by atoms with E-state index in [0.29, 0.717) is 23.4 Å². The minimum Gasteiger partial charge on any atom is -0.361 e. The Bertz CT molecular complexity index is 1050. The van der Waals surface area contributed by atoms with Gasteiger partial charge in [-0.2, -0.15) is 5.10 Å². The van der Waals surface area contributed by atoms with Gasteiger partial charge in [-0.3, -0.25) is 9.89 Å². The van der Waals surface area contributed by atoms with Crippen molar-refractivity contribution in [2.24, 2.45) is 0 Å². The van der Waals surface area contributed by atoms with Gasteiger partial charge in [0.05, 0.1) is 23.0 Å². The number of carbonyl (C=O) groups is 1. The zero-order chi connectivity index (χ0) is 17.2. The number of rotatable bonds is 4. The van der Waals surface area contributed by atoms with Crippen LogP contribution in [0.2, 0.25) is 0 Å². The molecule has 1 amide bonds. The number of carbonyl (C=O) groups excluding carboxylic acids is 1. The van der Waals surface area contributed by atoms with Gasteiger partial charge in [0.25, 0.3) is 5.91 Å². The molecule has 2 aromatic heterocycles. The lowest BCUT2D eigenvalue weighted by molar-refractivity contribution is 0.0952. The van der Waals surface area contributed by atoms with Gasteiger partial charge in [-0.05, 0) is 29.1 Å². The van der Waals surface area contributed by atoms with Crippen molar-refractivity contribution < 1.29 is 9.18 Å². The van der Waals surface area contributed by atoms with Crippen LogP contribution in [0.1, 0.15) is 15.9 Å². The second-order valence-electron chi connectivity index (χ2n) is 5.68. The molecule has 3 N–H and O–H groups in total. The molecule has 0 aliphatic rings. The third-order valence-electron chi connectivity index (χ3n) is 4.14. The zero-order valence-electron chi connectivity index (χ0n) is 13.2. The molecule has 0 fully saturated rings. The van der Waals surface area contributed by atoms with Crippen molar-refractivity contribution in [1.29, 1.82) is 0 Å². The molecule has 2 heterocycles. The number of benzene rings is 2. The zero-order valence-corrected chi connectivity index (χ0v) is 13.2. The maximum Gasteiger partial charge on any atom is 0.255 e. The fourth-order valence-electron chi connectivity index (χ4n) is 2.90. The minimum absolute atomic E-state index is 0.309. The molecule has 5 nitrogen and oxygen atoms in total. The summed E-state index contributed by atoms with van der Waals surface area (Å²) in [7, 11) is 0. The summed E-state index contributed by atoms with van der Waals surface area (Å²) >= 11 is 0. The Kier molecular flexibility index (Phi) is 3.78. The van der Waals surface area contributed by atoms with E-state index in [4.69, 9.17) is 0 Å². The number of nitrogens with zero attached hydrogens (tertiary/aromatic N) is 1. The summed E-state index contributed by atoms with van der Waals surface area (Å²) in [6.07, 6.45) is 3.27. The van der Waals surface area contributed by atoms with Crippen LogP contribution < -0.4 is 5.32 Å². The molecule has 2 aromatic carbocycles. The van der Waals surface area contributed by atoms with Crippen molar-refractivity contribution in [1.82, 2.24) is 20.5 Å². The normalized spacial score (nSPS) is 10.9. The molecule has 0 spiro atoms. The SMILES string of the molecule is O=C(NCc1cccc2cc[nH]c12)c1cn[nH]c1-c1ccccc1F. The summed E-state index contributed by atoms with van der Waals surface area (Å²) in [5.74, 6) is -0.715. The molecule has 0 bridgehead atoms. The minimum atomic E-state index is -0.406. The summed E-state index contributed by atoms with van der Waals surface area (Å²) in [6, 6.07) is 14.2. The Morgan fingerprint density at radius 2 is 2.00 bits per heavy atom. The fourth-order valence-corrected chi connectivity index (χ4v) is 2.90. The molecular formula is C19H15FN4O. The first-order valence-electron chi connectivity index (χ1n) is 7.85. The highest BCUT2D eigenvalue weighted by Gasteiger charge is 2.17. The van der Waals surface area contributed by atoms with Crippen LogP contribution >= 0.6 is 0 Å². The maximum atomic E-state index is 14.0. The lowest BCUT2D eigenvalue weighted by Gasteiger charge is -2.08. The van der Waals surface area contributed by atoms with Gasteiger partial charge in [0.1, 0.15) is 5.82 Å². The number of aromatic amines is 2. The number of amides is 1. The summed E-state index contributed by atoms with van der Waals surface area (Å²) in [5.41, 5.74) is 2.96. The lowest BCUT2D eigenvalue weighted by Crippen LogP contribution is -2.23. The van der Waals surface area contributed by atoms with Crippen molar-refractivity contribution in [3.8, 4) is 11.3 Å². The Labute approximate surface area is 142 Å². The highest BCUT2D eigenvalue weighted by atomic mass is 19.1. The predicted octanol–water partition coefficient (Wildman–Crippen LogP) is 3.63. The second kappa shape index (κ2) is 6.24. The molecule has 0 unspecified atom stereocenters. The number of fused-ring (bicyclic) bond motifs is 1. The molecule has 0 saturated carbocycles. The molecule has 0 saturated heterocycles. The summed E-state index contributed by atoms with van der Waals surface area (Å²) in [5, 5.41) is 10.6. The number of hydrogen-bond donors (Lipinski definition) is 3. The van der Waals surface area contributed by atoms with Crippen molar-refractivity contribution in [3.63, 3.8) is 0 Å². The van der Waals surface area contributed by atoms with Gasteiger partial charge in [0.2, 0.25) is 0 Å². The second-order valence-corrected chi connectivity index (χ2v) is 5.68. The van der Waals surface area contributed by atoms with Crippen LogP contribution in [0.15, 0.2) is 60.9 Å². The topological polar surface area (TPSA) is 73.6 Å². The van der Waals surface area contributed by atoms with E-state index in [1.165, 1.54) is 12.3 Å². The first-order valence-corrected chi connectivity index (χ1v) is 7.85. The Balaban J connectivity index is 1.58. The van der Waals surface area contributed by atoms with Crippen molar-refractivity contribution in [2.75, 3.05) is 0 Å². The molecule has 25 heavy (non-hydrogen) atoms. The molecule has 0 atom stereocenters. The predicted molar refractivity (Wildman–Crippen MR) is 93.5 cm³/mol. The van der Waals surface area contributed by atoms with Crippen LogP contribution in [0.25, 0.3) is 22.2 Å². The van der Waals surface area contributed by atoms with Gasteiger partial charge in [-0.25, -0.2) is 4.39 Å². The van der Waals surface area contributed by atoms with Gasteiger partial charge in [-0.1, -0.05) is 30.3 Å². The van der Waals surface area contributed by atoms with E-state index in [9.17, 15) is 9.18 Å². The highest BCUT2D eigenvalue weighted by Crippen LogP contribution is 2.24. The van der Waals surface area contributed by atoms with Crippen LogP contribution in [0.5, 0.6) is 0 Å². The van der Waals surface area contributed by atoms with E-state index < -0.39 is 5.82 Å². The Hall–Kier alpha value is -3.41. The molecule has 6 heteroatoms. The number of aromatic nitrogens is 3. The van der Waals surface area contributed by atoms with E-state index in [-0.39, 0.29) is 5.91 Å². The van der Waals surface area contributed by atoms with E-state index in [1.54, 1.807) is 18.2 Å². The molecule has 4 aromatic rings. The van der Waals surface area contributed by atoms with E-state index in [2.05, 4.69) is 20.5 Å². The Morgan fingerprint density at radius 1 is 1.12 bits per heavy atom. The van der Waals surface area contributed by atoms with Crippen molar-refractivity contribution >= 4 is 16.8 Å². The van der Waals surface area contributed by atoms with Crippen LogP contribution in [-0.2, 0) is 6.54 Å². The third-order valence-corrected chi connectivity index (χ3v) is 4.14. The summed E-state index contributed by atoms with van der Waals surface area (Å²) < 4.78 is 14.0. The smallest absolute Gasteiger partial charge is 0.255 e. The number of nitrogens with one attached hydrogen (secondary N) is 3. The highest BCUT2D eigenvalue weighted by molar-refractivity contribution is 6.00. The standard InChI is InChI=1S/C19H15FN4O/c20-16-7-2-1-6-14(16)18-15(11-23-24-18)19(25)22-10-13-5-3-4-12-8-9-21-17(12)13/h1-9,11,21H,10H2,(H,22,25)(H,23,24). The lowest BCUT2D eigenvalue weighted by atomic mass is 10.1. The molecule has 4 rings (SSSR count). The average molecular weight is 334 g/mol. The van der Waals surface area contributed by atoms with Crippen LogP contribution in [0.4, 0.5) is 4.39 Å². The maximum absolute atomic E-state index is 14.0. The van der Waals surface area contributed by atoms with E-state index in [0.717, 1.165) is 16.5 Å². The van der Waals surface area contributed by atoms with Gasteiger partial charge >= 0.3 is 0 Å². The van der Waals surface area contributed by atoms with Gasteiger partial charge in [0, 0.05) is 18.3 Å². The van der Waals surface area contributed by atoms with Gasteiger partial charge in [0.15, 0.2) is 0 Å². The van der Waals surface area contributed by atoms with Crippen molar-refractivity contribution in [2.45, 2.75) is 6.54 Å². The number of hydrogen-bond acceptors (Lipinski definition) is 2. The first-order chi connectivity index (χ1) is 12.2. The van der Waals surface area contributed by atoms with Crippen LogP contribution in [0, 0.1) is 5.82 Å². The average Bonchev–Trinajstić information content (AvgIpc) is 3.29. The summed E-state index contributed by atoms with van der Waals surface area (Å²) in [6.45, 7) is 0.360. The molecule has 124 valence electrons. The number of para-hydroxylation sites is 1. The largest absolute Gasteiger partial charge is 0.361 e. The quantitative estimate of drug-likeness (QED) is 0.533. The molecule has 0 aliphatic carbocycles. The number of halogens is 1. The first kappa shape index (κ1) is 15.1. The van der Waals surface area contributed by atoms with Crippen LogP contribution in [0.3, 0.4) is 0 Å². The van der Waals surface area contributed by atoms with E-state index in [1.807, 2.05) is 30.5 Å². The molecule has 0 radical (unpaired) electrons. The molecular weight excluding hydrogens is 319 g/mol. The summed E-state index contributed by atoms with van der Waals surface area (Å²) in [4.78, 5) is 15.7. The van der Waals surface area contributed by atoms with Crippen molar-refractivity contribution in [3.05, 3.63) is 77.9 Å². The van der Waals surface area contributed by atoms with Gasteiger partial charge in [-0.15, -0.1) is 0 Å². The number of H-pyrrole nitrogens is 2. The van der Waals surface area contributed by atoms with Gasteiger partial charge < -0.3 is 10.3 Å². The fraction of sp³-hybridized carbons (Fsp3) is 0.0526. The Morgan fingerprint density at radius 3 is 2.88 bits per heavy atom.